The van der Waals surface area contributed by atoms with Crippen LogP contribution in [0.15, 0.2) is 39.3 Å². The molecule has 2 aromatic heterocycles. The molecule has 0 radical (unpaired) electrons. The fourth-order valence-corrected chi connectivity index (χ4v) is 1.19. The SMILES string of the molecule is Cc1ccc(C=C[N+](=O)[O-])o1.Cc1ccc(C=O)o1. The molecule has 100 valence electrons. The fraction of sp³-hybridized carbons (Fsp3) is 0.154. The van der Waals surface area contributed by atoms with Gasteiger partial charge >= 0.3 is 0 Å². The molecule has 19 heavy (non-hydrogen) atoms. The normalized spacial score (nSPS) is 10.0. The molecule has 0 atom stereocenters. The van der Waals surface area contributed by atoms with E-state index in [1.807, 2.05) is 0 Å². The summed E-state index contributed by atoms with van der Waals surface area (Å²) in [4.78, 5) is 19.3. The van der Waals surface area contributed by atoms with Crippen molar-refractivity contribution in [3.05, 3.63) is 63.6 Å². The molecule has 0 saturated heterocycles. The van der Waals surface area contributed by atoms with E-state index in [4.69, 9.17) is 8.83 Å². The number of hydrogen-bond donors (Lipinski definition) is 0. The quantitative estimate of drug-likeness (QED) is 0.482. The second kappa shape index (κ2) is 6.95. The van der Waals surface area contributed by atoms with E-state index >= 15 is 0 Å². The van der Waals surface area contributed by atoms with E-state index in [9.17, 15) is 14.9 Å². The number of aryl methyl sites for hydroxylation is 2. The van der Waals surface area contributed by atoms with Crippen molar-refractivity contribution in [2.45, 2.75) is 13.8 Å². The standard InChI is InChI=1S/C7H7NO3.C6H6O2/c1-6-2-3-7(11-6)4-5-8(9)10;1-5-2-3-6(4-7)8-5/h2-5H,1H3;2-4H,1H3. The van der Waals surface area contributed by atoms with Crippen molar-refractivity contribution in [1.29, 1.82) is 0 Å². The number of furan rings is 2. The van der Waals surface area contributed by atoms with Gasteiger partial charge in [0.15, 0.2) is 12.0 Å². The first-order valence-corrected chi connectivity index (χ1v) is 5.41. The summed E-state index contributed by atoms with van der Waals surface area (Å²) in [6.45, 7) is 3.58. The third kappa shape index (κ3) is 5.49. The molecule has 0 spiro atoms. The van der Waals surface area contributed by atoms with Crippen LogP contribution >= 0.6 is 0 Å². The molecule has 0 bridgehead atoms. The number of hydrogen-bond acceptors (Lipinski definition) is 5. The van der Waals surface area contributed by atoms with Crippen LogP contribution in [0.25, 0.3) is 6.08 Å². The molecule has 2 heterocycles. The van der Waals surface area contributed by atoms with E-state index in [-0.39, 0.29) is 0 Å². The van der Waals surface area contributed by atoms with Crippen LogP contribution in [0.3, 0.4) is 0 Å². The van der Waals surface area contributed by atoms with Crippen molar-refractivity contribution in [2.24, 2.45) is 0 Å². The van der Waals surface area contributed by atoms with Crippen LogP contribution in [0.2, 0.25) is 0 Å². The Hall–Kier alpha value is -2.63. The Kier molecular flexibility index (Phi) is 5.28. The number of nitrogens with zero attached hydrogens (tertiary/aromatic N) is 1. The third-order valence-corrected chi connectivity index (χ3v) is 2.00. The lowest BCUT2D eigenvalue weighted by molar-refractivity contribution is -0.401. The maximum Gasteiger partial charge on any atom is 0.238 e. The Morgan fingerprint density at radius 2 is 1.58 bits per heavy atom. The van der Waals surface area contributed by atoms with Gasteiger partial charge in [-0.05, 0) is 38.1 Å². The summed E-state index contributed by atoms with van der Waals surface area (Å²) in [5, 5.41) is 9.86. The molecule has 0 saturated carbocycles. The van der Waals surface area contributed by atoms with Gasteiger partial charge in [0.05, 0.1) is 11.0 Å². The fourth-order valence-electron chi connectivity index (χ4n) is 1.19. The predicted octanol–water partition coefficient (Wildman–Crippen LogP) is 3.24. The minimum absolute atomic E-state index is 0.391. The molecular weight excluding hydrogens is 250 g/mol. The molecule has 0 fully saturated rings. The Morgan fingerprint density at radius 3 is 1.89 bits per heavy atom. The minimum Gasteiger partial charge on any atom is -0.462 e. The maximum absolute atomic E-state index is 9.93. The first kappa shape index (κ1) is 14.4. The molecular formula is C13H13NO5. The molecule has 0 aliphatic rings. The first-order valence-electron chi connectivity index (χ1n) is 5.41. The van der Waals surface area contributed by atoms with Crippen LogP contribution in [0.4, 0.5) is 0 Å². The van der Waals surface area contributed by atoms with Crippen molar-refractivity contribution in [2.75, 3.05) is 0 Å². The number of rotatable bonds is 3. The highest BCUT2D eigenvalue weighted by molar-refractivity contribution is 5.70. The monoisotopic (exact) mass is 263 g/mol. The van der Waals surface area contributed by atoms with E-state index < -0.39 is 4.92 Å². The van der Waals surface area contributed by atoms with Gasteiger partial charge in [0.1, 0.15) is 17.3 Å². The first-order chi connectivity index (χ1) is 9.01. The molecule has 2 rings (SSSR count). The van der Waals surface area contributed by atoms with Gasteiger partial charge in [-0.25, -0.2) is 0 Å². The van der Waals surface area contributed by atoms with E-state index in [1.165, 1.54) is 6.08 Å². The topological polar surface area (TPSA) is 86.5 Å². The molecule has 0 N–H and O–H groups in total. The molecule has 2 aromatic rings. The van der Waals surface area contributed by atoms with Gasteiger partial charge in [-0.15, -0.1) is 0 Å². The summed E-state index contributed by atoms with van der Waals surface area (Å²) in [6, 6.07) is 6.82. The van der Waals surface area contributed by atoms with Crippen LogP contribution in [0, 0.1) is 24.0 Å². The summed E-state index contributed by atoms with van der Waals surface area (Å²) in [5.41, 5.74) is 0. The Morgan fingerprint density at radius 1 is 1.05 bits per heavy atom. The summed E-state index contributed by atoms with van der Waals surface area (Å²) in [7, 11) is 0. The van der Waals surface area contributed by atoms with Crippen LogP contribution in [-0.2, 0) is 0 Å². The van der Waals surface area contributed by atoms with Gasteiger partial charge in [0.25, 0.3) is 0 Å². The van der Waals surface area contributed by atoms with Crippen molar-refractivity contribution in [1.82, 2.24) is 0 Å². The highest BCUT2D eigenvalue weighted by atomic mass is 16.6. The highest BCUT2D eigenvalue weighted by Crippen LogP contribution is 2.07. The van der Waals surface area contributed by atoms with Crippen molar-refractivity contribution in [3.63, 3.8) is 0 Å². The predicted molar refractivity (Wildman–Crippen MR) is 68.3 cm³/mol. The molecule has 6 nitrogen and oxygen atoms in total. The number of carbonyl (C=O) groups is 1. The van der Waals surface area contributed by atoms with Crippen molar-refractivity contribution >= 4 is 12.4 Å². The Balaban J connectivity index is 0.000000200. The third-order valence-electron chi connectivity index (χ3n) is 2.00. The van der Waals surface area contributed by atoms with Crippen LogP contribution < -0.4 is 0 Å². The maximum atomic E-state index is 9.93. The van der Waals surface area contributed by atoms with Crippen LogP contribution in [0.5, 0.6) is 0 Å². The van der Waals surface area contributed by atoms with Gasteiger partial charge < -0.3 is 8.83 Å². The van der Waals surface area contributed by atoms with E-state index in [0.717, 1.165) is 17.7 Å². The van der Waals surface area contributed by atoms with Crippen LogP contribution in [-0.4, -0.2) is 11.2 Å². The smallest absolute Gasteiger partial charge is 0.238 e. The van der Waals surface area contributed by atoms with Gasteiger partial charge in [0, 0.05) is 0 Å². The van der Waals surface area contributed by atoms with Crippen molar-refractivity contribution < 1.29 is 18.6 Å². The average Bonchev–Trinajstić information content (AvgIpc) is 2.96. The van der Waals surface area contributed by atoms with Gasteiger partial charge in [0.2, 0.25) is 6.20 Å². The zero-order valence-corrected chi connectivity index (χ0v) is 10.5. The summed E-state index contributed by atoms with van der Waals surface area (Å²) < 4.78 is 9.91. The average molecular weight is 263 g/mol. The molecule has 6 heteroatoms. The zero-order valence-electron chi connectivity index (χ0n) is 10.5. The molecule has 0 amide bonds. The van der Waals surface area contributed by atoms with E-state index in [1.54, 1.807) is 38.1 Å². The number of carbonyl (C=O) groups excluding carboxylic acids is 1. The lowest BCUT2D eigenvalue weighted by atomic mass is 10.4. The molecule has 0 aliphatic heterocycles. The second-order valence-electron chi connectivity index (χ2n) is 3.62. The summed E-state index contributed by atoms with van der Waals surface area (Å²) in [5.74, 6) is 2.40. The zero-order chi connectivity index (χ0) is 14.3. The van der Waals surface area contributed by atoms with Gasteiger partial charge in [-0.3, -0.25) is 14.9 Å². The Labute approximate surface area is 109 Å². The van der Waals surface area contributed by atoms with Crippen molar-refractivity contribution in [3.8, 4) is 0 Å². The van der Waals surface area contributed by atoms with E-state index in [0.29, 0.717) is 17.8 Å². The largest absolute Gasteiger partial charge is 0.462 e. The van der Waals surface area contributed by atoms with Crippen LogP contribution in [0.1, 0.15) is 27.8 Å². The number of aldehydes is 1. The van der Waals surface area contributed by atoms with Gasteiger partial charge in [-0.1, -0.05) is 0 Å². The summed E-state index contributed by atoms with van der Waals surface area (Å²) >= 11 is 0. The highest BCUT2D eigenvalue weighted by Gasteiger charge is 1.94. The lowest BCUT2D eigenvalue weighted by Gasteiger charge is -1.80. The molecule has 0 aliphatic carbocycles. The minimum atomic E-state index is -0.530. The summed E-state index contributed by atoms with van der Waals surface area (Å²) in [6.07, 6.45) is 2.85. The van der Waals surface area contributed by atoms with E-state index in [2.05, 4.69) is 0 Å². The lowest BCUT2D eigenvalue weighted by Crippen LogP contribution is -1.80. The molecule has 0 aromatic carbocycles. The Bertz CT molecular complexity index is 579. The van der Waals surface area contributed by atoms with Gasteiger partial charge in [-0.2, -0.15) is 0 Å². The second-order valence-corrected chi connectivity index (χ2v) is 3.62. The number of nitro groups is 1. The molecule has 0 unspecified atom stereocenters.